The lowest BCUT2D eigenvalue weighted by Gasteiger charge is -2.16. The van der Waals surface area contributed by atoms with E-state index < -0.39 is 5.82 Å². The third-order valence-corrected chi connectivity index (χ3v) is 3.38. The molecular weight excluding hydrogens is 317 g/mol. The van der Waals surface area contributed by atoms with Crippen molar-refractivity contribution < 1.29 is 13.9 Å². The van der Waals surface area contributed by atoms with Crippen LogP contribution >= 0.6 is 11.6 Å². The Morgan fingerprint density at radius 3 is 2.57 bits per heavy atom. The maximum absolute atomic E-state index is 13.2. The van der Waals surface area contributed by atoms with Crippen molar-refractivity contribution in [2.24, 2.45) is 0 Å². The van der Waals surface area contributed by atoms with Gasteiger partial charge in [-0.1, -0.05) is 17.7 Å². The normalized spacial score (nSPS) is 10.7. The molecule has 2 aromatic rings. The molecule has 0 saturated carbocycles. The lowest BCUT2D eigenvalue weighted by Crippen LogP contribution is -2.08. The number of nitrogens with one attached hydrogen (secondary N) is 1. The maximum atomic E-state index is 13.2. The molecule has 5 heteroatoms. The number of ether oxygens (including phenoxy) is 2. The van der Waals surface area contributed by atoms with E-state index in [1.54, 1.807) is 12.1 Å². The van der Waals surface area contributed by atoms with E-state index in [-0.39, 0.29) is 11.1 Å². The molecule has 2 rings (SSSR count). The molecule has 0 fully saturated rings. The lowest BCUT2D eigenvalue weighted by atomic mass is 10.2. The van der Waals surface area contributed by atoms with Crippen LogP contribution in [0.25, 0.3) is 0 Å². The Hall–Kier alpha value is -1.94. The fraction of sp³-hybridized carbons (Fsp3) is 0.333. The van der Waals surface area contributed by atoms with Crippen LogP contribution in [0, 0.1) is 5.82 Å². The van der Waals surface area contributed by atoms with E-state index in [9.17, 15) is 4.39 Å². The first-order valence-electron chi connectivity index (χ1n) is 7.61. The van der Waals surface area contributed by atoms with Crippen molar-refractivity contribution in [1.29, 1.82) is 0 Å². The number of halogens is 2. The maximum Gasteiger partial charge on any atom is 0.161 e. The van der Waals surface area contributed by atoms with Crippen molar-refractivity contribution in [3.05, 3.63) is 52.8 Å². The minimum Gasteiger partial charge on any atom is -0.490 e. The van der Waals surface area contributed by atoms with E-state index >= 15 is 0 Å². The van der Waals surface area contributed by atoms with E-state index in [2.05, 4.69) is 5.32 Å². The highest BCUT2D eigenvalue weighted by Crippen LogP contribution is 2.30. The summed E-state index contributed by atoms with van der Waals surface area (Å²) in [4.78, 5) is 0. The Bertz CT molecular complexity index is 661. The van der Waals surface area contributed by atoms with Crippen LogP contribution in [0.5, 0.6) is 11.5 Å². The van der Waals surface area contributed by atoms with Gasteiger partial charge in [-0.3, -0.25) is 0 Å². The summed E-state index contributed by atoms with van der Waals surface area (Å²) in [6.45, 7) is 7.03. The van der Waals surface area contributed by atoms with Crippen LogP contribution in [0.3, 0.4) is 0 Å². The van der Waals surface area contributed by atoms with Crippen LogP contribution in [-0.2, 0) is 6.54 Å². The molecule has 0 heterocycles. The van der Waals surface area contributed by atoms with Crippen molar-refractivity contribution in [3.63, 3.8) is 0 Å². The summed E-state index contributed by atoms with van der Waals surface area (Å²) >= 11 is 5.78. The monoisotopic (exact) mass is 337 g/mol. The highest BCUT2D eigenvalue weighted by Gasteiger charge is 2.08. The molecule has 0 aliphatic heterocycles. The first kappa shape index (κ1) is 17.4. The van der Waals surface area contributed by atoms with Gasteiger partial charge in [-0.05, 0) is 56.7 Å². The Morgan fingerprint density at radius 2 is 1.91 bits per heavy atom. The summed E-state index contributed by atoms with van der Waals surface area (Å²) in [6, 6.07) is 10.4. The molecule has 0 radical (unpaired) electrons. The van der Waals surface area contributed by atoms with E-state index in [1.807, 2.05) is 39.0 Å². The summed E-state index contributed by atoms with van der Waals surface area (Å²) in [7, 11) is 0. The van der Waals surface area contributed by atoms with E-state index in [0.29, 0.717) is 13.2 Å². The fourth-order valence-corrected chi connectivity index (χ4v) is 2.27. The van der Waals surface area contributed by atoms with Gasteiger partial charge in [0.25, 0.3) is 0 Å². The van der Waals surface area contributed by atoms with Crippen molar-refractivity contribution in [3.8, 4) is 11.5 Å². The summed E-state index contributed by atoms with van der Waals surface area (Å²) in [5, 5.41) is 3.31. The van der Waals surface area contributed by atoms with Gasteiger partial charge in [0.2, 0.25) is 0 Å². The van der Waals surface area contributed by atoms with Gasteiger partial charge in [0.05, 0.1) is 17.7 Å². The van der Waals surface area contributed by atoms with Gasteiger partial charge in [-0.25, -0.2) is 4.39 Å². The van der Waals surface area contributed by atoms with Gasteiger partial charge >= 0.3 is 0 Å². The summed E-state index contributed by atoms with van der Waals surface area (Å²) in [5.41, 5.74) is 1.79. The molecule has 0 unspecified atom stereocenters. The van der Waals surface area contributed by atoms with Crippen molar-refractivity contribution in [2.45, 2.75) is 33.4 Å². The van der Waals surface area contributed by atoms with Gasteiger partial charge < -0.3 is 14.8 Å². The van der Waals surface area contributed by atoms with Crippen LogP contribution in [0.1, 0.15) is 26.3 Å². The van der Waals surface area contributed by atoms with Gasteiger partial charge in [0, 0.05) is 12.2 Å². The molecule has 23 heavy (non-hydrogen) atoms. The summed E-state index contributed by atoms with van der Waals surface area (Å²) in [5.74, 6) is 1.03. The molecule has 0 saturated heterocycles. The molecular formula is C18H21ClFNO2. The van der Waals surface area contributed by atoms with E-state index in [4.69, 9.17) is 21.1 Å². The summed E-state index contributed by atoms with van der Waals surface area (Å²) < 4.78 is 24.5. The SMILES string of the molecule is CCOc1cc(CNc2ccc(F)c(Cl)c2)ccc1OC(C)C. The number of benzene rings is 2. The summed E-state index contributed by atoms with van der Waals surface area (Å²) in [6.07, 6.45) is 0.0829. The highest BCUT2D eigenvalue weighted by atomic mass is 35.5. The number of anilines is 1. The second kappa shape index (κ2) is 8.06. The van der Waals surface area contributed by atoms with Gasteiger partial charge in [0.15, 0.2) is 11.5 Å². The molecule has 124 valence electrons. The van der Waals surface area contributed by atoms with E-state index in [0.717, 1.165) is 22.7 Å². The zero-order valence-electron chi connectivity index (χ0n) is 13.5. The molecule has 0 aliphatic rings. The first-order valence-corrected chi connectivity index (χ1v) is 7.98. The lowest BCUT2D eigenvalue weighted by molar-refractivity contribution is 0.223. The standard InChI is InChI=1S/C18H21ClFNO2/c1-4-22-18-9-13(5-8-17(18)23-12(2)3)11-21-14-6-7-16(20)15(19)10-14/h5-10,12,21H,4,11H2,1-3H3. The topological polar surface area (TPSA) is 30.5 Å². The van der Waals surface area contributed by atoms with Crippen LogP contribution < -0.4 is 14.8 Å². The van der Waals surface area contributed by atoms with Crippen molar-refractivity contribution >= 4 is 17.3 Å². The highest BCUT2D eigenvalue weighted by molar-refractivity contribution is 6.31. The molecule has 0 aromatic heterocycles. The zero-order valence-corrected chi connectivity index (χ0v) is 14.3. The predicted octanol–water partition coefficient (Wildman–Crippen LogP) is 5.28. The van der Waals surface area contributed by atoms with Crippen molar-refractivity contribution in [2.75, 3.05) is 11.9 Å². The third-order valence-electron chi connectivity index (χ3n) is 3.09. The second-order valence-corrected chi connectivity index (χ2v) is 5.77. The van der Waals surface area contributed by atoms with E-state index in [1.165, 1.54) is 6.07 Å². The van der Waals surface area contributed by atoms with Crippen LogP contribution in [-0.4, -0.2) is 12.7 Å². The van der Waals surface area contributed by atoms with Gasteiger partial charge in [-0.2, -0.15) is 0 Å². The molecule has 3 nitrogen and oxygen atoms in total. The molecule has 0 spiro atoms. The largest absolute Gasteiger partial charge is 0.490 e. The average Bonchev–Trinajstić information content (AvgIpc) is 2.50. The molecule has 0 aliphatic carbocycles. The second-order valence-electron chi connectivity index (χ2n) is 5.36. The Balaban J connectivity index is 2.10. The Morgan fingerprint density at radius 1 is 1.13 bits per heavy atom. The Labute approximate surface area is 141 Å². The Kier molecular flexibility index (Phi) is 6.11. The minimum absolute atomic E-state index is 0.0829. The van der Waals surface area contributed by atoms with Crippen LogP contribution in [0.4, 0.5) is 10.1 Å². The van der Waals surface area contributed by atoms with Gasteiger partial charge in [-0.15, -0.1) is 0 Å². The average molecular weight is 338 g/mol. The third kappa shape index (κ3) is 5.03. The smallest absolute Gasteiger partial charge is 0.161 e. The van der Waals surface area contributed by atoms with Gasteiger partial charge in [0.1, 0.15) is 5.82 Å². The zero-order chi connectivity index (χ0) is 16.8. The van der Waals surface area contributed by atoms with Crippen molar-refractivity contribution in [1.82, 2.24) is 0 Å². The molecule has 1 N–H and O–H groups in total. The fourth-order valence-electron chi connectivity index (χ4n) is 2.09. The quantitative estimate of drug-likeness (QED) is 0.745. The van der Waals surface area contributed by atoms with Crippen LogP contribution in [0.2, 0.25) is 5.02 Å². The number of hydrogen-bond donors (Lipinski definition) is 1. The predicted molar refractivity (Wildman–Crippen MR) is 92.1 cm³/mol. The molecule has 0 atom stereocenters. The first-order chi connectivity index (χ1) is 11.0. The molecule has 0 bridgehead atoms. The number of hydrogen-bond acceptors (Lipinski definition) is 3. The van der Waals surface area contributed by atoms with Crippen LogP contribution in [0.15, 0.2) is 36.4 Å². The molecule has 0 amide bonds. The minimum atomic E-state index is -0.425. The number of rotatable bonds is 7. The molecule has 2 aromatic carbocycles.